The van der Waals surface area contributed by atoms with Crippen LogP contribution in [-0.4, -0.2) is 36.6 Å². The molecule has 2 aromatic rings. The van der Waals surface area contributed by atoms with Crippen LogP contribution in [0.2, 0.25) is 0 Å². The summed E-state index contributed by atoms with van der Waals surface area (Å²) in [5, 5.41) is 5.11. The quantitative estimate of drug-likeness (QED) is 0.865. The second kappa shape index (κ2) is 6.33. The lowest BCUT2D eigenvalue weighted by Gasteiger charge is -2.28. The van der Waals surface area contributed by atoms with Crippen LogP contribution < -0.4 is 5.32 Å². The van der Waals surface area contributed by atoms with E-state index in [4.69, 9.17) is 4.98 Å². The molecule has 1 N–H and O–H groups in total. The molecule has 2 aliphatic heterocycles. The maximum absolute atomic E-state index is 5.09. The monoisotopic (exact) mass is 355 g/mol. The molecule has 3 fully saturated rings. The minimum Gasteiger partial charge on any atom is -0.310 e. The lowest BCUT2D eigenvalue weighted by molar-refractivity contribution is 0.333. The third-order valence-corrected chi connectivity index (χ3v) is 7.97. The Morgan fingerprint density at radius 2 is 1.96 bits per heavy atom. The predicted molar refractivity (Wildman–Crippen MR) is 105 cm³/mol. The Hall–Kier alpha value is -0.970. The van der Waals surface area contributed by atoms with Gasteiger partial charge in [-0.15, -0.1) is 11.3 Å². The highest BCUT2D eigenvalue weighted by atomic mass is 32.1. The van der Waals surface area contributed by atoms with Crippen molar-refractivity contribution >= 4 is 21.6 Å². The first-order valence-corrected chi connectivity index (χ1v) is 10.8. The second-order valence-corrected chi connectivity index (χ2v) is 9.89. The van der Waals surface area contributed by atoms with Crippen LogP contribution in [0.15, 0.2) is 18.2 Å². The average molecular weight is 356 g/mol. The van der Waals surface area contributed by atoms with Crippen LogP contribution in [0.5, 0.6) is 0 Å². The molecule has 0 amide bonds. The van der Waals surface area contributed by atoms with Gasteiger partial charge in [-0.25, -0.2) is 4.98 Å². The molecule has 1 saturated carbocycles. The number of likely N-dealkylation sites (tertiary alicyclic amines) is 1. The molecule has 0 spiro atoms. The smallest absolute Gasteiger partial charge is 0.0969 e. The van der Waals surface area contributed by atoms with E-state index >= 15 is 0 Å². The van der Waals surface area contributed by atoms with Gasteiger partial charge in [0.25, 0.3) is 0 Å². The molecular formula is C21H29N3S. The summed E-state index contributed by atoms with van der Waals surface area (Å²) >= 11 is 1.94. The second-order valence-electron chi connectivity index (χ2n) is 8.83. The average Bonchev–Trinajstić information content (AvgIpc) is 3.26. The number of nitrogens with one attached hydrogen (secondary N) is 1. The van der Waals surface area contributed by atoms with Crippen LogP contribution in [0, 0.1) is 17.8 Å². The van der Waals surface area contributed by atoms with Gasteiger partial charge in [0.15, 0.2) is 0 Å². The molecule has 0 radical (unpaired) electrons. The molecule has 3 nitrogen and oxygen atoms in total. The first kappa shape index (κ1) is 16.2. The Kier molecular flexibility index (Phi) is 4.11. The SMILES string of the molecule is C[C@H]1CC[C@H](c2ccc3sc([C@H]4C[C@@H]5CN(C)C[C@@H]5C4)nc3c2)NC1. The van der Waals surface area contributed by atoms with Gasteiger partial charge in [0.1, 0.15) is 0 Å². The Morgan fingerprint density at radius 1 is 1.16 bits per heavy atom. The molecule has 1 aliphatic carbocycles. The summed E-state index contributed by atoms with van der Waals surface area (Å²) in [5.41, 5.74) is 2.66. The highest BCUT2D eigenvalue weighted by molar-refractivity contribution is 7.18. The number of piperidine rings is 1. The first-order chi connectivity index (χ1) is 12.2. The Morgan fingerprint density at radius 3 is 2.68 bits per heavy atom. The summed E-state index contributed by atoms with van der Waals surface area (Å²) in [7, 11) is 2.27. The zero-order chi connectivity index (χ0) is 17.0. The molecule has 134 valence electrons. The third kappa shape index (κ3) is 3.02. The lowest BCUT2D eigenvalue weighted by Crippen LogP contribution is -2.31. The number of thiazole rings is 1. The van der Waals surface area contributed by atoms with Crippen LogP contribution in [0.25, 0.3) is 10.2 Å². The molecule has 5 rings (SSSR count). The van der Waals surface area contributed by atoms with Crippen molar-refractivity contribution in [2.75, 3.05) is 26.7 Å². The van der Waals surface area contributed by atoms with Crippen LogP contribution >= 0.6 is 11.3 Å². The summed E-state index contributed by atoms with van der Waals surface area (Å²) < 4.78 is 1.37. The van der Waals surface area contributed by atoms with E-state index in [1.807, 2.05) is 11.3 Å². The van der Waals surface area contributed by atoms with Crippen molar-refractivity contribution in [1.29, 1.82) is 0 Å². The van der Waals surface area contributed by atoms with Crippen molar-refractivity contribution in [3.63, 3.8) is 0 Å². The molecule has 0 bridgehead atoms. The molecule has 4 heteroatoms. The summed E-state index contributed by atoms with van der Waals surface area (Å²) in [6, 6.07) is 7.52. The molecule has 0 unspecified atom stereocenters. The van der Waals surface area contributed by atoms with Gasteiger partial charge in [-0.1, -0.05) is 13.0 Å². The van der Waals surface area contributed by atoms with Gasteiger partial charge in [-0.2, -0.15) is 0 Å². The van der Waals surface area contributed by atoms with E-state index in [2.05, 4.69) is 42.4 Å². The largest absolute Gasteiger partial charge is 0.310 e. The van der Waals surface area contributed by atoms with Crippen molar-refractivity contribution < 1.29 is 0 Å². The standard InChI is InChI=1S/C21H29N3S/c1-13-3-5-18(22-10-13)14-4-6-20-19(9-14)23-21(25-20)15-7-16-11-24(2)12-17(16)8-15/h4,6,9,13,15-18,22H,3,5,7-8,10-12H2,1-2H3/t13-,15-,16+,17-,18+/m0/s1. The van der Waals surface area contributed by atoms with Crippen molar-refractivity contribution in [2.45, 2.75) is 44.6 Å². The van der Waals surface area contributed by atoms with E-state index in [9.17, 15) is 0 Å². The molecule has 3 aliphatic rings. The van der Waals surface area contributed by atoms with Crippen molar-refractivity contribution in [3.8, 4) is 0 Å². The van der Waals surface area contributed by atoms with E-state index in [-0.39, 0.29) is 0 Å². The van der Waals surface area contributed by atoms with Crippen molar-refractivity contribution in [2.24, 2.45) is 17.8 Å². The third-order valence-electron chi connectivity index (χ3n) is 6.77. The number of aromatic nitrogens is 1. The first-order valence-electron chi connectivity index (χ1n) is 9.98. The number of fused-ring (bicyclic) bond motifs is 2. The topological polar surface area (TPSA) is 28.2 Å². The van der Waals surface area contributed by atoms with E-state index in [0.717, 1.165) is 24.3 Å². The number of hydrogen-bond donors (Lipinski definition) is 1. The van der Waals surface area contributed by atoms with Gasteiger partial charge in [0.05, 0.1) is 15.2 Å². The molecule has 1 aromatic heterocycles. The molecule has 2 saturated heterocycles. The fourth-order valence-corrected chi connectivity index (χ4v) is 6.45. The molecule has 3 heterocycles. The highest BCUT2D eigenvalue weighted by Gasteiger charge is 2.41. The van der Waals surface area contributed by atoms with Gasteiger partial charge in [0.2, 0.25) is 0 Å². The van der Waals surface area contributed by atoms with Gasteiger partial charge in [-0.05, 0) is 74.7 Å². The zero-order valence-electron chi connectivity index (χ0n) is 15.4. The van der Waals surface area contributed by atoms with E-state index in [1.54, 1.807) is 0 Å². The van der Waals surface area contributed by atoms with Crippen LogP contribution in [0.1, 0.15) is 55.1 Å². The van der Waals surface area contributed by atoms with Crippen molar-refractivity contribution in [1.82, 2.24) is 15.2 Å². The van der Waals surface area contributed by atoms with Crippen LogP contribution in [0.4, 0.5) is 0 Å². The number of hydrogen-bond acceptors (Lipinski definition) is 4. The molecule has 25 heavy (non-hydrogen) atoms. The zero-order valence-corrected chi connectivity index (χ0v) is 16.2. The van der Waals surface area contributed by atoms with Crippen LogP contribution in [-0.2, 0) is 0 Å². The van der Waals surface area contributed by atoms with Gasteiger partial charge in [-0.3, -0.25) is 0 Å². The minimum absolute atomic E-state index is 0.520. The normalized spacial score (nSPS) is 36.2. The maximum atomic E-state index is 5.09. The van der Waals surface area contributed by atoms with Gasteiger partial charge < -0.3 is 10.2 Å². The molecule has 1 aromatic carbocycles. The Bertz CT molecular complexity index is 748. The fourth-order valence-electron chi connectivity index (χ4n) is 5.37. The minimum atomic E-state index is 0.520. The van der Waals surface area contributed by atoms with Crippen LogP contribution in [0.3, 0.4) is 0 Å². The predicted octanol–water partition coefficient (Wildman–Crippen LogP) is 4.41. The van der Waals surface area contributed by atoms with E-state index in [0.29, 0.717) is 12.0 Å². The molecular weight excluding hydrogens is 326 g/mol. The van der Waals surface area contributed by atoms with E-state index in [1.165, 1.54) is 59.6 Å². The number of nitrogens with zero attached hydrogens (tertiary/aromatic N) is 2. The van der Waals surface area contributed by atoms with Gasteiger partial charge in [0, 0.05) is 25.0 Å². The fraction of sp³-hybridized carbons (Fsp3) is 0.667. The highest BCUT2D eigenvalue weighted by Crippen LogP contribution is 2.47. The Labute approximate surface area is 154 Å². The summed E-state index contributed by atoms with van der Waals surface area (Å²) in [5.74, 6) is 3.34. The Balaban J connectivity index is 1.36. The summed E-state index contributed by atoms with van der Waals surface area (Å²) in [6.07, 6.45) is 5.29. The van der Waals surface area contributed by atoms with Crippen molar-refractivity contribution in [3.05, 3.63) is 28.8 Å². The van der Waals surface area contributed by atoms with E-state index < -0.39 is 0 Å². The molecule has 5 atom stereocenters. The van der Waals surface area contributed by atoms with Gasteiger partial charge >= 0.3 is 0 Å². The summed E-state index contributed by atoms with van der Waals surface area (Å²) in [4.78, 5) is 7.60. The summed E-state index contributed by atoms with van der Waals surface area (Å²) in [6.45, 7) is 6.07. The lowest BCUT2D eigenvalue weighted by atomic mass is 9.92. The maximum Gasteiger partial charge on any atom is 0.0969 e. The number of rotatable bonds is 2. The number of benzene rings is 1.